The van der Waals surface area contributed by atoms with E-state index < -0.39 is 51.8 Å². The third kappa shape index (κ3) is 5.35. The fourth-order valence-corrected chi connectivity index (χ4v) is 2.16. The summed E-state index contributed by atoms with van der Waals surface area (Å²) in [5, 5.41) is -2.61. The lowest BCUT2D eigenvalue weighted by Crippen LogP contribution is -2.52. The van der Waals surface area contributed by atoms with Crippen molar-refractivity contribution >= 4 is 28.0 Å². The van der Waals surface area contributed by atoms with Gasteiger partial charge in [-0.15, -0.1) is 0 Å². The molecule has 0 amide bonds. The number of carbonyl (C=O) groups is 3. The van der Waals surface area contributed by atoms with Gasteiger partial charge in [0.2, 0.25) is 0 Å². The van der Waals surface area contributed by atoms with E-state index in [0.29, 0.717) is 0 Å². The predicted octanol–water partition coefficient (Wildman–Crippen LogP) is -0.459. The van der Waals surface area contributed by atoms with Crippen molar-refractivity contribution in [3.8, 4) is 0 Å². The van der Waals surface area contributed by atoms with E-state index in [0.717, 1.165) is 13.8 Å². The smallest absolute Gasteiger partial charge is 0.457 e. The van der Waals surface area contributed by atoms with Crippen LogP contribution in [-0.4, -0.2) is 54.7 Å². The second-order valence-electron chi connectivity index (χ2n) is 4.85. The molecule has 1 fully saturated rings. The largest absolute Gasteiger partial charge is 0.465 e. The number of carbonyl (C=O) groups excluding carboxylic acids is 3. The van der Waals surface area contributed by atoms with Gasteiger partial charge in [0.25, 0.3) is 0 Å². The minimum Gasteiger partial charge on any atom is -0.457 e. The maximum atomic E-state index is 13.2. The average molecular weight is 375 g/mol. The van der Waals surface area contributed by atoms with Crippen LogP contribution in [0.4, 0.5) is 8.78 Å². The first-order valence-corrected chi connectivity index (χ1v) is 7.93. The van der Waals surface area contributed by atoms with Crippen LogP contribution in [0.5, 0.6) is 0 Å². The molecular formula is C11H15F2NO9S. The highest BCUT2D eigenvalue weighted by molar-refractivity contribution is 7.87. The average Bonchev–Trinajstić information content (AvgIpc) is 2.34. The molecule has 138 valence electrons. The van der Waals surface area contributed by atoms with Crippen molar-refractivity contribution in [1.82, 2.24) is 5.32 Å². The van der Waals surface area contributed by atoms with E-state index in [4.69, 9.17) is 14.0 Å². The van der Waals surface area contributed by atoms with Crippen molar-refractivity contribution in [3.63, 3.8) is 0 Å². The lowest BCUT2D eigenvalue weighted by atomic mass is 10.1. The number of hydrogen-bond donors (Lipinski definition) is 2. The summed E-state index contributed by atoms with van der Waals surface area (Å²) in [6.45, 7) is 2.12. The zero-order chi connectivity index (χ0) is 18.7. The Morgan fingerprint density at radius 3 is 1.79 bits per heavy atom. The molecule has 1 rings (SSSR count). The van der Waals surface area contributed by atoms with E-state index in [1.807, 2.05) is 0 Å². The molecular weight excluding hydrogens is 360 g/mol. The maximum Gasteiger partial charge on any atom is 0.465 e. The van der Waals surface area contributed by atoms with Gasteiger partial charge in [-0.1, -0.05) is 0 Å². The first-order valence-electron chi connectivity index (χ1n) is 6.49. The summed E-state index contributed by atoms with van der Waals surface area (Å²) >= 11 is 0. The lowest BCUT2D eigenvalue weighted by Gasteiger charge is -2.34. The molecule has 0 radical (unpaired) electrons. The summed E-state index contributed by atoms with van der Waals surface area (Å²) in [5.41, 5.74) is 0. The molecule has 0 spiro atoms. The number of ether oxygens (including phenoxy) is 3. The van der Waals surface area contributed by atoms with Gasteiger partial charge in [0.15, 0.2) is 12.5 Å². The zero-order valence-electron chi connectivity index (χ0n) is 12.5. The molecule has 2 N–H and O–H groups in total. The molecule has 0 aromatic carbocycles. The fraction of sp³-hybridized carbons (Fsp3) is 0.727. The second-order valence-corrected chi connectivity index (χ2v) is 6.32. The van der Waals surface area contributed by atoms with Gasteiger partial charge >= 0.3 is 33.3 Å². The number of halogens is 2. The van der Waals surface area contributed by atoms with Crippen LogP contribution in [0.3, 0.4) is 0 Å². The Morgan fingerprint density at radius 2 is 1.46 bits per heavy atom. The van der Waals surface area contributed by atoms with E-state index >= 15 is 0 Å². The van der Waals surface area contributed by atoms with Gasteiger partial charge in [-0.05, 0) is 0 Å². The third-order valence-corrected chi connectivity index (χ3v) is 3.59. The maximum absolute atomic E-state index is 13.2. The first kappa shape index (κ1) is 20.2. The summed E-state index contributed by atoms with van der Waals surface area (Å²) in [7, 11) is -6.01. The SMILES string of the molecule is CC(=O)OC1CC(OC(=O)C(F)(F)S(=O)(=O)O)CC(OC(C)=O)N1. The Morgan fingerprint density at radius 1 is 1.04 bits per heavy atom. The topological polar surface area (TPSA) is 145 Å². The normalized spacial score (nSPS) is 24.8. The van der Waals surface area contributed by atoms with Crippen molar-refractivity contribution in [1.29, 1.82) is 0 Å². The summed E-state index contributed by atoms with van der Waals surface area (Å²) in [6.07, 6.45) is -4.22. The van der Waals surface area contributed by atoms with Gasteiger partial charge in [-0.25, -0.2) is 10.1 Å². The number of nitrogens with one attached hydrogen (secondary N) is 1. The molecule has 0 aromatic heterocycles. The molecule has 0 bridgehead atoms. The van der Waals surface area contributed by atoms with Crippen molar-refractivity contribution in [2.75, 3.05) is 0 Å². The molecule has 24 heavy (non-hydrogen) atoms. The minimum atomic E-state index is -6.01. The second kappa shape index (κ2) is 7.36. The number of rotatable bonds is 5. The number of esters is 3. The zero-order valence-corrected chi connectivity index (χ0v) is 13.3. The van der Waals surface area contributed by atoms with Crippen molar-refractivity contribution < 1.29 is 50.3 Å². The molecule has 2 atom stereocenters. The van der Waals surface area contributed by atoms with Crippen LogP contribution in [-0.2, 0) is 38.7 Å². The Hall–Kier alpha value is -1.86. The van der Waals surface area contributed by atoms with E-state index in [-0.39, 0.29) is 12.8 Å². The standard InChI is InChI=1S/C11H15F2NO9S/c1-5(15)21-8-3-7(4-9(14-8)22-6(2)16)23-10(17)11(12,13)24(18,19)20/h7-9,14H,3-4H2,1-2H3,(H,18,19,20). The van der Waals surface area contributed by atoms with Gasteiger partial charge in [-0.2, -0.15) is 17.2 Å². The highest BCUT2D eigenvalue weighted by Gasteiger charge is 2.55. The van der Waals surface area contributed by atoms with Gasteiger partial charge in [0, 0.05) is 26.7 Å². The summed E-state index contributed by atoms with van der Waals surface area (Å²) in [5.74, 6) is -3.99. The van der Waals surface area contributed by atoms with Crippen LogP contribution in [0.15, 0.2) is 0 Å². The predicted molar refractivity (Wildman–Crippen MR) is 69.9 cm³/mol. The third-order valence-electron chi connectivity index (χ3n) is 2.78. The molecule has 0 aliphatic carbocycles. The molecule has 1 heterocycles. The van der Waals surface area contributed by atoms with E-state index in [2.05, 4.69) is 10.1 Å². The van der Waals surface area contributed by atoms with Crippen LogP contribution < -0.4 is 5.32 Å². The van der Waals surface area contributed by atoms with Crippen LogP contribution >= 0.6 is 0 Å². The first-order chi connectivity index (χ1) is 10.8. The Bertz CT molecular complexity index is 597. The van der Waals surface area contributed by atoms with Crippen LogP contribution in [0.2, 0.25) is 0 Å². The van der Waals surface area contributed by atoms with E-state index in [1.165, 1.54) is 0 Å². The van der Waals surface area contributed by atoms with E-state index in [9.17, 15) is 31.6 Å². The van der Waals surface area contributed by atoms with Gasteiger partial charge < -0.3 is 14.2 Å². The highest BCUT2D eigenvalue weighted by Crippen LogP contribution is 2.26. The van der Waals surface area contributed by atoms with Crippen LogP contribution in [0, 0.1) is 0 Å². The van der Waals surface area contributed by atoms with Crippen molar-refractivity contribution in [2.24, 2.45) is 0 Å². The molecule has 1 aliphatic rings. The van der Waals surface area contributed by atoms with E-state index in [1.54, 1.807) is 0 Å². The molecule has 0 aromatic rings. The Balaban J connectivity index is 2.86. The molecule has 10 nitrogen and oxygen atoms in total. The summed E-state index contributed by atoms with van der Waals surface area (Å²) < 4.78 is 69.7. The van der Waals surface area contributed by atoms with Crippen LogP contribution in [0.1, 0.15) is 26.7 Å². The quantitative estimate of drug-likeness (QED) is 0.368. The number of hydrogen-bond acceptors (Lipinski definition) is 9. The molecule has 2 unspecified atom stereocenters. The molecule has 1 aliphatic heterocycles. The fourth-order valence-electron chi connectivity index (χ4n) is 1.90. The monoisotopic (exact) mass is 375 g/mol. The number of alkyl halides is 2. The van der Waals surface area contributed by atoms with Gasteiger partial charge in [-0.3, -0.25) is 14.1 Å². The van der Waals surface area contributed by atoms with Gasteiger partial charge in [0.1, 0.15) is 6.10 Å². The summed E-state index contributed by atoms with van der Waals surface area (Å²) in [4.78, 5) is 33.2. The summed E-state index contributed by atoms with van der Waals surface area (Å²) in [6, 6.07) is 0. The van der Waals surface area contributed by atoms with Crippen molar-refractivity contribution in [2.45, 2.75) is 50.5 Å². The Kier molecular flexibility index (Phi) is 6.19. The minimum absolute atomic E-state index is 0.301. The van der Waals surface area contributed by atoms with Crippen LogP contribution in [0.25, 0.3) is 0 Å². The molecule has 13 heteroatoms. The Labute approximate surface area is 135 Å². The highest BCUT2D eigenvalue weighted by atomic mass is 32.2. The molecule has 1 saturated heterocycles. The number of piperidine rings is 1. The van der Waals surface area contributed by atoms with Gasteiger partial charge in [0.05, 0.1) is 0 Å². The molecule has 0 saturated carbocycles. The lowest BCUT2D eigenvalue weighted by molar-refractivity contribution is -0.181. The van der Waals surface area contributed by atoms with Crippen molar-refractivity contribution in [3.05, 3.63) is 0 Å².